The van der Waals surface area contributed by atoms with Gasteiger partial charge in [-0.05, 0) is 25.2 Å². The van der Waals surface area contributed by atoms with Gasteiger partial charge in [-0.3, -0.25) is 4.79 Å². The minimum atomic E-state index is -1.40. The van der Waals surface area contributed by atoms with Gasteiger partial charge in [-0.1, -0.05) is 12.8 Å². The summed E-state index contributed by atoms with van der Waals surface area (Å²) in [6.45, 7) is 0.194. The van der Waals surface area contributed by atoms with Crippen LogP contribution in [0.3, 0.4) is 0 Å². The molecule has 0 aromatic heterocycles. The van der Waals surface area contributed by atoms with E-state index in [1.165, 1.54) is 19.3 Å². The van der Waals surface area contributed by atoms with Crippen molar-refractivity contribution in [3.63, 3.8) is 0 Å². The van der Waals surface area contributed by atoms with Crippen LogP contribution in [0.1, 0.15) is 38.5 Å². The Labute approximate surface area is 112 Å². The van der Waals surface area contributed by atoms with Gasteiger partial charge in [-0.25, -0.2) is 4.79 Å². The van der Waals surface area contributed by atoms with Crippen LogP contribution in [-0.2, 0) is 9.59 Å². The minimum absolute atomic E-state index is 0.0423. The van der Waals surface area contributed by atoms with Crippen molar-refractivity contribution in [3.8, 4) is 0 Å². The summed E-state index contributed by atoms with van der Waals surface area (Å²) in [6.07, 6.45) is 4.33. The number of aliphatic carboxylic acids is 1. The summed E-state index contributed by atoms with van der Waals surface area (Å²) in [6, 6.07) is 0.309. The van der Waals surface area contributed by atoms with Gasteiger partial charge in [0.05, 0.1) is 6.04 Å². The molecular weight excluding hydrogens is 248 g/mol. The molecule has 2 rings (SSSR count). The maximum atomic E-state index is 11.9. The molecule has 4 atom stereocenters. The van der Waals surface area contributed by atoms with Crippen LogP contribution in [0.25, 0.3) is 0 Å². The van der Waals surface area contributed by atoms with Crippen LogP contribution >= 0.6 is 0 Å². The molecule has 1 saturated heterocycles. The molecule has 0 aromatic rings. The molecule has 0 aromatic carbocycles. The van der Waals surface area contributed by atoms with Gasteiger partial charge >= 0.3 is 5.97 Å². The predicted octanol–water partition coefficient (Wildman–Crippen LogP) is -0.141. The molecule has 0 radical (unpaired) electrons. The first-order chi connectivity index (χ1) is 9.08. The van der Waals surface area contributed by atoms with Crippen molar-refractivity contribution in [2.75, 3.05) is 6.54 Å². The van der Waals surface area contributed by atoms with Crippen LogP contribution in [0, 0.1) is 5.92 Å². The molecule has 1 saturated carbocycles. The fourth-order valence-corrected chi connectivity index (χ4v) is 3.10. The fraction of sp³-hybridized carbons (Fsp3) is 0.846. The quantitative estimate of drug-likeness (QED) is 0.557. The van der Waals surface area contributed by atoms with Crippen LogP contribution in [0.4, 0.5) is 0 Å². The summed E-state index contributed by atoms with van der Waals surface area (Å²) in [5.74, 6) is -0.722. The van der Waals surface area contributed by atoms with E-state index in [2.05, 4.69) is 10.6 Å². The summed E-state index contributed by atoms with van der Waals surface area (Å²) < 4.78 is 0. The summed E-state index contributed by atoms with van der Waals surface area (Å²) in [5, 5.41) is 23.7. The average Bonchev–Trinajstić information content (AvgIpc) is 2.82. The molecule has 2 aliphatic rings. The average molecular weight is 270 g/mol. The fourth-order valence-electron chi connectivity index (χ4n) is 3.10. The summed E-state index contributed by atoms with van der Waals surface area (Å²) in [5.41, 5.74) is 0. The molecule has 3 unspecified atom stereocenters. The maximum absolute atomic E-state index is 11.9. The zero-order valence-electron chi connectivity index (χ0n) is 11.0. The summed E-state index contributed by atoms with van der Waals surface area (Å²) in [4.78, 5) is 22.4. The van der Waals surface area contributed by atoms with Crippen molar-refractivity contribution < 1.29 is 19.8 Å². The lowest BCUT2D eigenvalue weighted by Gasteiger charge is -2.24. The number of carboxylic acids is 1. The van der Waals surface area contributed by atoms with Gasteiger partial charge in [0.2, 0.25) is 5.91 Å². The highest BCUT2D eigenvalue weighted by molar-refractivity contribution is 5.82. The van der Waals surface area contributed by atoms with E-state index in [0.717, 1.165) is 12.8 Å². The van der Waals surface area contributed by atoms with E-state index >= 15 is 0 Å². The monoisotopic (exact) mass is 270 g/mol. The maximum Gasteiger partial charge on any atom is 0.332 e. The van der Waals surface area contributed by atoms with E-state index in [9.17, 15) is 9.59 Å². The van der Waals surface area contributed by atoms with Gasteiger partial charge in [0, 0.05) is 19.0 Å². The molecule has 1 aliphatic heterocycles. The predicted molar refractivity (Wildman–Crippen MR) is 68.6 cm³/mol. The Morgan fingerprint density at radius 2 is 2.05 bits per heavy atom. The van der Waals surface area contributed by atoms with Crippen molar-refractivity contribution >= 4 is 11.9 Å². The molecule has 2 fully saturated rings. The highest BCUT2D eigenvalue weighted by Gasteiger charge is 2.37. The first-order valence-electron chi connectivity index (χ1n) is 7.02. The SMILES string of the molecule is O=C(NCC[C@H](O)C(=O)O)C1CC2CCCCC2N1. The third-order valence-electron chi connectivity index (χ3n) is 4.18. The van der Waals surface area contributed by atoms with Crippen molar-refractivity contribution in [1.82, 2.24) is 10.6 Å². The zero-order chi connectivity index (χ0) is 13.8. The first kappa shape index (κ1) is 14.3. The van der Waals surface area contributed by atoms with E-state index in [-0.39, 0.29) is 24.9 Å². The van der Waals surface area contributed by atoms with Crippen LogP contribution in [0.15, 0.2) is 0 Å². The highest BCUT2D eigenvalue weighted by Crippen LogP contribution is 2.33. The molecule has 19 heavy (non-hydrogen) atoms. The van der Waals surface area contributed by atoms with E-state index in [1.54, 1.807) is 0 Å². The largest absolute Gasteiger partial charge is 0.479 e. The Morgan fingerprint density at radius 1 is 1.32 bits per heavy atom. The van der Waals surface area contributed by atoms with Gasteiger partial charge in [-0.15, -0.1) is 0 Å². The summed E-state index contributed by atoms with van der Waals surface area (Å²) in [7, 11) is 0. The van der Waals surface area contributed by atoms with E-state index in [0.29, 0.717) is 12.0 Å². The standard InChI is InChI=1S/C13H22N2O4/c16-11(13(18)19)5-6-14-12(17)10-7-8-3-1-2-4-9(8)15-10/h8-11,15-16H,1-7H2,(H,14,17)(H,18,19)/t8?,9?,10?,11-/m0/s1. The summed E-state index contributed by atoms with van der Waals surface area (Å²) >= 11 is 0. The van der Waals surface area contributed by atoms with Crippen molar-refractivity contribution in [2.24, 2.45) is 5.92 Å². The van der Waals surface area contributed by atoms with Crippen molar-refractivity contribution in [1.29, 1.82) is 0 Å². The molecule has 108 valence electrons. The lowest BCUT2D eigenvalue weighted by Crippen LogP contribution is -2.44. The Morgan fingerprint density at radius 3 is 2.74 bits per heavy atom. The number of carboxylic acid groups (broad SMARTS) is 1. The van der Waals surface area contributed by atoms with Crippen LogP contribution in [0.2, 0.25) is 0 Å². The number of amides is 1. The number of carbonyl (C=O) groups excluding carboxylic acids is 1. The van der Waals surface area contributed by atoms with Crippen molar-refractivity contribution in [3.05, 3.63) is 0 Å². The molecule has 1 aliphatic carbocycles. The Balaban J connectivity index is 1.71. The van der Waals surface area contributed by atoms with Crippen LogP contribution in [0.5, 0.6) is 0 Å². The second-order valence-corrected chi connectivity index (χ2v) is 5.54. The van der Waals surface area contributed by atoms with E-state index < -0.39 is 12.1 Å². The second kappa shape index (κ2) is 6.34. The third-order valence-corrected chi connectivity index (χ3v) is 4.18. The van der Waals surface area contributed by atoms with E-state index in [1.807, 2.05) is 0 Å². The first-order valence-corrected chi connectivity index (χ1v) is 7.02. The molecular formula is C13H22N2O4. The number of aliphatic hydroxyl groups excluding tert-OH is 1. The van der Waals surface area contributed by atoms with Gasteiger partial charge in [-0.2, -0.15) is 0 Å². The Hall–Kier alpha value is -1.14. The van der Waals surface area contributed by atoms with Gasteiger partial charge in [0.15, 0.2) is 6.10 Å². The number of hydrogen-bond acceptors (Lipinski definition) is 4. The van der Waals surface area contributed by atoms with Crippen LogP contribution in [-0.4, -0.2) is 46.8 Å². The van der Waals surface area contributed by atoms with Crippen LogP contribution < -0.4 is 10.6 Å². The normalized spacial score (nSPS) is 31.5. The topological polar surface area (TPSA) is 98.7 Å². The zero-order valence-corrected chi connectivity index (χ0v) is 11.0. The number of aliphatic hydroxyl groups is 1. The smallest absolute Gasteiger partial charge is 0.332 e. The second-order valence-electron chi connectivity index (χ2n) is 5.54. The molecule has 6 nitrogen and oxygen atoms in total. The minimum Gasteiger partial charge on any atom is -0.479 e. The third kappa shape index (κ3) is 3.67. The molecule has 1 heterocycles. The van der Waals surface area contributed by atoms with Gasteiger partial charge in [0.25, 0.3) is 0 Å². The van der Waals surface area contributed by atoms with Gasteiger partial charge in [0.1, 0.15) is 0 Å². The number of rotatable bonds is 5. The van der Waals surface area contributed by atoms with E-state index in [4.69, 9.17) is 10.2 Å². The molecule has 0 spiro atoms. The Kier molecular flexibility index (Phi) is 4.76. The number of nitrogens with one attached hydrogen (secondary N) is 2. The van der Waals surface area contributed by atoms with Crippen molar-refractivity contribution in [2.45, 2.75) is 56.7 Å². The number of carbonyl (C=O) groups is 2. The van der Waals surface area contributed by atoms with Gasteiger partial charge < -0.3 is 20.8 Å². The molecule has 0 bridgehead atoms. The number of fused-ring (bicyclic) bond motifs is 1. The lowest BCUT2D eigenvalue weighted by molar-refractivity contribution is -0.147. The molecule has 4 N–H and O–H groups in total. The Bertz CT molecular complexity index is 334. The number of hydrogen-bond donors (Lipinski definition) is 4. The molecule has 1 amide bonds. The lowest BCUT2D eigenvalue weighted by atomic mass is 9.85. The molecule has 6 heteroatoms. The highest BCUT2D eigenvalue weighted by atomic mass is 16.4.